The van der Waals surface area contributed by atoms with Crippen molar-refractivity contribution in [2.45, 2.75) is 32.0 Å². The van der Waals surface area contributed by atoms with Crippen LogP contribution in [-0.2, 0) is 10.3 Å². The maximum Gasteiger partial charge on any atom is 0.272 e. The van der Waals surface area contributed by atoms with E-state index in [9.17, 15) is 19.1 Å². The fourth-order valence-electron chi connectivity index (χ4n) is 3.90. The number of nitrogens with one attached hydrogen (secondary N) is 1. The third kappa shape index (κ3) is 5.34. The molecule has 1 saturated heterocycles. The first-order valence-corrected chi connectivity index (χ1v) is 11.9. The van der Waals surface area contributed by atoms with Crippen molar-refractivity contribution < 1.29 is 23.8 Å². The van der Waals surface area contributed by atoms with E-state index in [0.29, 0.717) is 34.3 Å². The number of nitrogens with two attached hydrogens (primary N) is 1. The van der Waals surface area contributed by atoms with Gasteiger partial charge in [-0.15, -0.1) is 11.3 Å². The van der Waals surface area contributed by atoms with Crippen LogP contribution in [0.1, 0.15) is 46.7 Å². The van der Waals surface area contributed by atoms with Crippen LogP contribution in [0.15, 0.2) is 42.5 Å². The Morgan fingerprint density at radius 3 is 2.69 bits per heavy atom. The zero-order chi connectivity index (χ0) is 25.3. The summed E-state index contributed by atoms with van der Waals surface area (Å²) in [5, 5.41) is 13.6. The van der Waals surface area contributed by atoms with Crippen molar-refractivity contribution in [1.82, 2.24) is 9.88 Å². The Bertz CT molecular complexity index is 1270. The number of pyridine rings is 1. The van der Waals surface area contributed by atoms with E-state index in [0.717, 1.165) is 17.8 Å². The lowest BCUT2D eigenvalue weighted by Crippen LogP contribution is -2.30. The number of methoxy groups -OCH3 is 1. The molecule has 1 aliphatic rings. The zero-order valence-corrected chi connectivity index (χ0v) is 20.5. The molecule has 1 aromatic carbocycles. The SMILES string of the molecule is CO[C@H]1CCN(C(=O)c2cccc(Nc3sc(-c4ccc(C(C)(C)O)cc4F)cc3C(N)=O)n2)C1. The third-order valence-electron chi connectivity index (χ3n) is 5.91. The van der Waals surface area contributed by atoms with E-state index in [1.165, 1.54) is 12.1 Å². The minimum atomic E-state index is -1.19. The Morgan fingerprint density at radius 1 is 1.29 bits per heavy atom. The van der Waals surface area contributed by atoms with Gasteiger partial charge in [-0.1, -0.05) is 18.2 Å². The second-order valence-corrected chi connectivity index (χ2v) is 9.95. The second kappa shape index (κ2) is 9.73. The number of rotatable bonds is 7. The maximum atomic E-state index is 14.9. The van der Waals surface area contributed by atoms with Crippen molar-refractivity contribution in [1.29, 1.82) is 0 Å². The number of hydrogen-bond donors (Lipinski definition) is 3. The highest BCUT2D eigenvalue weighted by atomic mass is 32.1. The summed E-state index contributed by atoms with van der Waals surface area (Å²) >= 11 is 1.14. The topological polar surface area (TPSA) is 118 Å². The van der Waals surface area contributed by atoms with Crippen LogP contribution in [-0.4, -0.2) is 53.1 Å². The molecule has 0 radical (unpaired) electrons. The van der Waals surface area contributed by atoms with E-state index >= 15 is 0 Å². The van der Waals surface area contributed by atoms with Crippen molar-refractivity contribution in [3.63, 3.8) is 0 Å². The molecule has 4 N–H and O–H groups in total. The van der Waals surface area contributed by atoms with Crippen molar-refractivity contribution >= 4 is 34.0 Å². The number of anilines is 2. The largest absolute Gasteiger partial charge is 0.386 e. The number of halogens is 1. The van der Waals surface area contributed by atoms with Crippen LogP contribution < -0.4 is 11.1 Å². The van der Waals surface area contributed by atoms with Crippen LogP contribution in [0.2, 0.25) is 0 Å². The predicted octanol–water partition coefficient (Wildman–Crippen LogP) is 3.88. The van der Waals surface area contributed by atoms with Crippen molar-refractivity contribution in [2.75, 3.05) is 25.5 Å². The molecule has 3 aromatic rings. The van der Waals surface area contributed by atoms with Gasteiger partial charge in [0.25, 0.3) is 11.8 Å². The molecule has 0 saturated carbocycles. The van der Waals surface area contributed by atoms with Gasteiger partial charge in [-0.2, -0.15) is 0 Å². The Hall–Kier alpha value is -3.34. The third-order valence-corrected chi connectivity index (χ3v) is 7.00. The second-order valence-electron chi connectivity index (χ2n) is 8.90. The molecule has 1 atom stereocenters. The van der Waals surface area contributed by atoms with Gasteiger partial charge in [0, 0.05) is 30.6 Å². The molecule has 2 amide bonds. The molecular formula is C25H27FN4O4S. The summed E-state index contributed by atoms with van der Waals surface area (Å²) in [5.74, 6) is -1.06. The van der Waals surface area contributed by atoms with Gasteiger partial charge < -0.3 is 25.8 Å². The molecule has 1 aliphatic heterocycles. The Kier molecular flexibility index (Phi) is 6.88. The summed E-state index contributed by atoms with van der Waals surface area (Å²) in [7, 11) is 1.63. The average Bonchev–Trinajstić information content (AvgIpc) is 3.45. The number of aromatic nitrogens is 1. The van der Waals surface area contributed by atoms with Gasteiger partial charge in [0.05, 0.1) is 17.3 Å². The first-order chi connectivity index (χ1) is 16.6. The number of benzene rings is 1. The van der Waals surface area contributed by atoms with Gasteiger partial charge in [0.1, 0.15) is 22.3 Å². The van der Waals surface area contributed by atoms with Crippen LogP contribution in [0, 0.1) is 5.82 Å². The summed E-state index contributed by atoms with van der Waals surface area (Å²) in [5.41, 5.74) is 5.54. The van der Waals surface area contributed by atoms with Gasteiger partial charge in [-0.05, 0) is 50.1 Å². The standard InChI is InChI=1S/C25H27FN4O4S/c1-25(2,33)14-7-8-16(18(26)11-14)20-12-17(22(27)31)23(35-20)29-21-6-4-5-19(28-21)24(32)30-10-9-15(13-30)34-3/h4-8,11-12,15,33H,9-10,13H2,1-3H3,(H2,27,31)(H,28,29)/t15-/m0/s1. The highest BCUT2D eigenvalue weighted by molar-refractivity contribution is 7.20. The number of likely N-dealkylation sites (tertiary alicyclic amines) is 1. The highest BCUT2D eigenvalue weighted by Crippen LogP contribution is 2.38. The molecule has 184 valence electrons. The van der Waals surface area contributed by atoms with Crippen molar-refractivity contribution in [2.24, 2.45) is 5.73 Å². The number of ether oxygens (including phenoxy) is 1. The minimum absolute atomic E-state index is 0.0147. The van der Waals surface area contributed by atoms with Crippen LogP contribution >= 0.6 is 11.3 Å². The van der Waals surface area contributed by atoms with E-state index in [1.54, 1.807) is 56.2 Å². The van der Waals surface area contributed by atoms with E-state index in [4.69, 9.17) is 10.5 Å². The number of hydrogen-bond acceptors (Lipinski definition) is 7. The molecule has 1 fully saturated rings. The number of amides is 2. The Labute approximate surface area is 206 Å². The maximum absolute atomic E-state index is 14.9. The van der Waals surface area contributed by atoms with Gasteiger partial charge >= 0.3 is 0 Å². The molecule has 0 aliphatic carbocycles. The summed E-state index contributed by atoms with van der Waals surface area (Å²) < 4.78 is 20.2. The molecule has 0 spiro atoms. The van der Waals surface area contributed by atoms with E-state index in [2.05, 4.69) is 10.3 Å². The fraction of sp³-hybridized carbons (Fsp3) is 0.320. The molecule has 10 heteroatoms. The number of nitrogens with zero attached hydrogens (tertiary/aromatic N) is 2. The lowest BCUT2D eigenvalue weighted by Gasteiger charge is -2.18. The van der Waals surface area contributed by atoms with Gasteiger partial charge in [0.2, 0.25) is 0 Å². The molecule has 0 unspecified atom stereocenters. The monoisotopic (exact) mass is 498 g/mol. The summed E-state index contributed by atoms with van der Waals surface area (Å²) in [6.07, 6.45) is 0.786. The zero-order valence-electron chi connectivity index (χ0n) is 19.7. The molecule has 2 aromatic heterocycles. The molecular weight excluding hydrogens is 471 g/mol. The van der Waals surface area contributed by atoms with Gasteiger partial charge in [-0.25, -0.2) is 9.37 Å². The fourth-order valence-corrected chi connectivity index (χ4v) is 5.00. The minimum Gasteiger partial charge on any atom is -0.386 e. The molecule has 0 bridgehead atoms. The van der Waals surface area contributed by atoms with E-state index in [1.807, 2.05) is 0 Å². The lowest BCUT2D eigenvalue weighted by molar-refractivity contribution is 0.0718. The quantitative estimate of drug-likeness (QED) is 0.455. The number of aliphatic hydroxyl groups is 1. The number of carbonyl (C=O) groups is 2. The van der Waals surface area contributed by atoms with Crippen LogP contribution in [0.25, 0.3) is 10.4 Å². The lowest BCUT2D eigenvalue weighted by atomic mass is 9.96. The Balaban J connectivity index is 1.60. The normalized spacial score (nSPS) is 15.9. The summed E-state index contributed by atoms with van der Waals surface area (Å²) in [4.78, 5) is 31.6. The van der Waals surface area contributed by atoms with Gasteiger partial charge in [-0.3, -0.25) is 9.59 Å². The van der Waals surface area contributed by atoms with E-state index < -0.39 is 17.3 Å². The number of carbonyl (C=O) groups excluding carboxylic acids is 2. The van der Waals surface area contributed by atoms with Crippen molar-refractivity contribution in [3.05, 3.63) is 65.1 Å². The molecule has 3 heterocycles. The molecule has 4 rings (SSSR count). The molecule has 35 heavy (non-hydrogen) atoms. The van der Waals surface area contributed by atoms with Crippen LogP contribution in [0.4, 0.5) is 15.2 Å². The molecule has 8 nitrogen and oxygen atoms in total. The van der Waals surface area contributed by atoms with Crippen LogP contribution in [0.5, 0.6) is 0 Å². The predicted molar refractivity (Wildman–Crippen MR) is 132 cm³/mol. The smallest absolute Gasteiger partial charge is 0.272 e. The number of thiophene rings is 1. The summed E-state index contributed by atoms with van der Waals surface area (Å²) in [6, 6.07) is 11.0. The van der Waals surface area contributed by atoms with Gasteiger partial charge in [0.15, 0.2) is 0 Å². The van der Waals surface area contributed by atoms with E-state index in [-0.39, 0.29) is 28.8 Å². The van der Waals surface area contributed by atoms with Crippen LogP contribution in [0.3, 0.4) is 0 Å². The Morgan fingerprint density at radius 2 is 2.06 bits per heavy atom. The number of primary amides is 1. The van der Waals surface area contributed by atoms with Crippen molar-refractivity contribution in [3.8, 4) is 10.4 Å². The highest BCUT2D eigenvalue weighted by Gasteiger charge is 2.28. The summed E-state index contributed by atoms with van der Waals surface area (Å²) in [6.45, 7) is 4.25. The first-order valence-electron chi connectivity index (χ1n) is 11.1. The first kappa shape index (κ1) is 24.8. The average molecular weight is 499 g/mol.